The van der Waals surface area contributed by atoms with E-state index < -0.39 is 15.9 Å². The van der Waals surface area contributed by atoms with Crippen LogP contribution in [0, 0.1) is 5.92 Å². The zero-order chi connectivity index (χ0) is 16.3. The Balaban J connectivity index is 2.20. The normalized spacial score (nSPS) is 25.0. The molecule has 1 heterocycles. The van der Waals surface area contributed by atoms with Gasteiger partial charge in [-0.25, -0.2) is 8.42 Å². The summed E-state index contributed by atoms with van der Waals surface area (Å²) in [5.74, 6) is -0.874. The number of nitrogens with zero attached hydrogens (tertiary/aromatic N) is 2. The first-order chi connectivity index (χ1) is 10.4. The molecule has 1 saturated carbocycles. The first kappa shape index (κ1) is 17.2. The summed E-state index contributed by atoms with van der Waals surface area (Å²) in [5, 5.41) is 2.23. The average molecular weight is 331 g/mol. The van der Waals surface area contributed by atoms with E-state index in [0.29, 0.717) is 19.4 Å². The molecule has 2 aliphatic rings. The minimum absolute atomic E-state index is 0.131. The van der Waals surface area contributed by atoms with Gasteiger partial charge >= 0.3 is 0 Å². The number of sulfonamides is 1. The van der Waals surface area contributed by atoms with Gasteiger partial charge in [0.1, 0.15) is 0 Å². The third-order valence-electron chi connectivity index (χ3n) is 4.63. The van der Waals surface area contributed by atoms with Crippen molar-refractivity contribution in [2.75, 3.05) is 33.2 Å². The van der Waals surface area contributed by atoms with Crippen LogP contribution >= 0.6 is 0 Å². The Bertz CT molecular complexity index is 528. The summed E-state index contributed by atoms with van der Waals surface area (Å²) in [6.07, 6.45) is 3.27. The molecule has 0 unspecified atom stereocenters. The molecule has 1 aliphatic heterocycles. The Hall–Kier alpha value is -1.15. The van der Waals surface area contributed by atoms with Gasteiger partial charge in [0.2, 0.25) is 21.8 Å². The van der Waals surface area contributed by atoms with Crippen LogP contribution in [0.1, 0.15) is 32.6 Å². The van der Waals surface area contributed by atoms with Gasteiger partial charge in [0.15, 0.2) is 0 Å². The van der Waals surface area contributed by atoms with Crippen LogP contribution in [0.5, 0.6) is 0 Å². The maximum Gasteiger partial charge on any atom is 0.225 e. The third kappa shape index (κ3) is 3.60. The van der Waals surface area contributed by atoms with Crippen LogP contribution in [0.4, 0.5) is 0 Å². The van der Waals surface area contributed by atoms with Crippen molar-refractivity contribution in [3.63, 3.8) is 0 Å². The van der Waals surface area contributed by atoms with Gasteiger partial charge in [-0.3, -0.25) is 9.59 Å². The van der Waals surface area contributed by atoms with E-state index >= 15 is 0 Å². The van der Waals surface area contributed by atoms with E-state index in [1.54, 1.807) is 4.90 Å². The topological polar surface area (TPSA) is 86.8 Å². The van der Waals surface area contributed by atoms with Gasteiger partial charge in [0, 0.05) is 40.2 Å². The standard InChI is InChI=1S/C14H25N3O4S/c1-11(18)16-7-8-17(10-12(9-16)14(19)15-2)22(20,21)13-5-3-4-6-13/h12-13H,3-10H2,1-2H3,(H,15,19)/t12-/m1/s1. The highest BCUT2D eigenvalue weighted by atomic mass is 32.2. The Kier molecular flexibility index (Phi) is 5.44. The monoisotopic (exact) mass is 331 g/mol. The van der Waals surface area contributed by atoms with Gasteiger partial charge < -0.3 is 10.2 Å². The largest absolute Gasteiger partial charge is 0.359 e. The zero-order valence-corrected chi connectivity index (χ0v) is 14.1. The molecule has 126 valence electrons. The number of hydrogen-bond acceptors (Lipinski definition) is 4. The van der Waals surface area contributed by atoms with Gasteiger partial charge in [0.05, 0.1) is 11.2 Å². The molecule has 0 radical (unpaired) electrons. The van der Waals surface area contributed by atoms with E-state index in [4.69, 9.17) is 0 Å². The van der Waals surface area contributed by atoms with Crippen molar-refractivity contribution in [3.05, 3.63) is 0 Å². The van der Waals surface area contributed by atoms with Gasteiger partial charge in [0.25, 0.3) is 0 Å². The Labute approximate surface area is 132 Å². The lowest BCUT2D eigenvalue weighted by Crippen LogP contribution is -2.44. The first-order valence-corrected chi connectivity index (χ1v) is 9.32. The van der Waals surface area contributed by atoms with Crippen molar-refractivity contribution in [1.82, 2.24) is 14.5 Å². The van der Waals surface area contributed by atoms with Gasteiger partial charge in [-0.2, -0.15) is 4.31 Å². The van der Waals surface area contributed by atoms with Crippen molar-refractivity contribution < 1.29 is 18.0 Å². The van der Waals surface area contributed by atoms with Gasteiger partial charge in [-0.15, -0.1) is 0 Å². The molecule has 2 fully saturated rings. The van der Waals surface area contributed by atoms with Gasteiger partial charge in [-0.1, -0.05) is 12.8 Å². The lowest BCUT2D eigenvalue weighted by Gasteiger charge is -2.25. The maximum atomic E-state index is 12.8. The van der Waals surface area contributed by atoms with Crippen LogP contribution in [-0.2, 0) is 19.6 Å². The molecule has 22 heavy (non-hydrogen) atoms. The molecule has 0 bridgehead atoms. The predicted octanol–water partition coefficient (Wildman–Crippen LogP) is -0.215. The molecular formula is C14H25N3O4S. The molecule has 0 aromatic rings. The lowest BCUT2D eigenvalue weighted by atomic mass is 10.1. The molecule has 7 nitrogen and oxygen atoms in total. The fraction of sp³-hybridized carbons (Fsp3) is 0.857. The van der Waals surface area contributed by atoms with Crippen LogP contribution < -0.4 is 5.32 Å². The number of hydrogen-bond donors (Lipinski definition) is 1. The molecule has 8 heteroatoms. The number of carbonyl (C=O) groups excluding carboxylic acids is 2. The van der Waals surface area contributed by atoms with Crippen LogP contribution in [0.3, 0.4) is 0 Å². The van der Waals surface area contributed by atoms with Crippen LogP contribution in [0.2, 0.25) is 0 Å². The minimum Gasteiger partial charge on any atom is -0.359 e. The molecule has 1 saturated heterocycles. The van der Waals surface area contributed by atoms with Crippen molar-refractivity contribution in [2.24, 2.45) is 5.92 Å². The van der Waals surface area contributed by atoms with E-state index in [1.807, 2.05) is 0 Å². The number of carbonyl (C=O) groups is 2. The molecule has 2 rings (SSSR count). The number of rotatable bonds is 3. The fourth-order valence-corrected chi connectivity index (χ4v) is 5.34. The zero-order valence-electron chi connectivity index (χ0n) is 13.2. The minimum atomic E-state index is -3.39. The molecular weight excluding hydrogens is 306 g/mol. The molecule has 0 aromatic carbocycles. The highest BCUT2D eigenvalue weighted by molar-refractivity contribution is 7.89. The summed E-state index contributed by atoms with van der Waals surface area (Å²) in [4.78, 5) is 25.2. The van der Waals surface area contributed by atoms with E-state index in [1.165, 1.54) is 18.3 Å². The second-order valence-corrected chi connectivity index (χ2v) is 8.30. The predicted molar refractivity (Wildman–Crippen MR) is 82.6 cm³/mol. The maximum absolute atomic E-state index is 12.8. The van der Waals surface area contributed by atoms with Crippen molar-refractivity contribution in [1.29, 1.82) is 0 Å². The second kappa shape index (κ2) is 6.95. The van der Waals surface area contributed by atoms with Crippen molar-refractivity contribution in [3.8, 4) is 0 Å². The summed E-state index contributed by atoms with van der Waals surface area (Å²) in [6.45, 7) is 2.48. The Morgan fingerprint density at radius 1 is 1.09 bits per heavy atom. The first-order valence-electron chi connectivity index (χ1n) is 7.82. The summed E-state index contributed by atoms with van der Waals surface area (Å²) < 4.78 is 27.0. The second-order valence-electron chi connectivity index (χ2n) is 6.09. The summed E-state index contributed by atoms with van der Waals surface area (Å²) in [7, 11) is -1.86. The third-order valence-corrected chi connectivity index (χ3v) is 7.00. The lowest BCUT2D eigenvalue weighted by molar-refractivity contribution is -0.130. The SMILES string of the molecule is CNC(=O)[C@@H]1CN(C(C)=O)CCN(S(=O)(=O)C2CCCC2)C1. The quantitative estimate of drug-likeness (QED) is 0.775. The summed E-state index contributed by atoms with van der Waals surface area (Å²) in [6, 6.07) is 0. The fourth-order valence-electron chi connectivity index (χ4n) is 3.27. The van der Waals surface area contributed by atoms with E-state index in [-0.39, 0.29) is 36.7 Å². The molecule has 1 aliphatic carbocycles. The smallest absolute Gasteiger partial charge is 0.225 e. The average Bonchev–Trinajstić information content (AvgIpc) is 2.92. The van der Waals surface area contributed by atoms with Crippen molar-refractivity contribution in [2.45, 2.75) is 37.9 Å². The molecule has 1 N–H and O–H groups in total. The molecule has 0 spiro atoms. The van der Waals surface area contributed by atoms with Crippen LogP contribution in [0.15, 0.2) is 0 Å². The highest BCUT2D eigenvalue weighted by Gasteiger charge is 2.38. The highest BCUT2D eigenvalue weighted by Crippen LogP contribution is 2.28. The summed E-state index contributed by atoms with van der Waals surface area (Å²) >= 11 is 0. The number of amides is 2. The van der Waals surface area contributed by atoms with Crippen molar-refractivity contribution >= 4 is 21.8 Å². The van der Waals surface area contributed by atoms with E-state index in [2.05, 4.69) is 5.32 Å². The van der Waals surface area contributed by atoms with E-state index in [9.17, 15) is 18.0 Å². The molecule has 1 atom stereocenters. The Morgan fingerprint density at radius 2 is 1.73 bits per heavy atom. The summed E-state index contributed by atoms with van der Waals surface area (Å²) in [5.41, 5.74) is 0. The molecule has 2 amide bonds. The van der Waals surface area contributed by atoms with Crippen LogP contribution in [0.25, 0.3) is 0 Å². The van der Waals surface area contributed by atoms with Gasteiger partial charge in [-0.05, 0) is 12.8 Å². The number of nitrogens with one attached hydrogen (secondary N) is 1. The molecule has 0 aromatic heterocycles. The van der Waals surface area contributed by atoms with E-state index in [0.717, 1.165) is 12.8 Å². The Morgan fingerprint density at radius 3 is 2.27 bits per heavy atom. The van der Waals surface area contributed by atoms with Crippen LogP contribution in [-0.4, -0.2) is 67.9 Å².